The first-order chi connectivity index (χ1) is 9.66. The summed E-state index contributed by atoms with van der Waals surface area (Å²) in [4.78, 5) is 6.51. The topological polar surface area (TPSA) is 63.8 Å². The van der Waals surface area contributed by atoms with E-state index >= 15 is 0 Å². The molecule has 1 heterocycles. The Morgan fingerprint density at radius 2 is 1.76 bits per heavy atom. The molecule has 4 nitrogen and oxygen atoms in total. The van der Waals surface area contributed by atoms with Crippen molar-refractivity contribution in [2.75, 3.05) is 11.1 Å². The summed E-state index contributed by atoms with van der Waals surface area (Å²) in [7, 11) is 0. The largest absolute Gasteiger partial charge is 0.451 e. The van der Waals surface area contributed by atoms with Crippen LogP contribution in [-0.2, 0) is 6.18 Å². The van der Waals surface area contributed by atoms with Crippen molar-refractivity contribution in [1.29, 1.82) is 0 Å². The standard InChI is InChI=1S/C12H9Cl2F3N4/c1-5-2-7(14)8(3-6(5)13)19-10-4-9(18)20-11(21-10)12(15,16)17/h2-4H,1H3,(H3,18,19,20,21). The molecule has 0 aliphatic heterocycles. The van der Waals surface area contributed by atoms with E-state index in [2.05, 4.69) is 15.3 Å². The van der Waals surface area contributed by atoms with Gasteiger partial charge in [-0.3, -0.25) is 0 Å². The summed E-state index contributed by atoms with van der Waals surface area (Å²) in [5, 5.41) is 3.36. The zero-order valence-electron chi connectivity index (χ0n) is 10.6. The quantitative estimate of drug-likeness (QED) is 0.851. The summed E-state index contributed by atoms with van der Waals surface area (Å²) in [5.41, 5.74) is 6.41. The molecule has 0 aliphatic carbocycles. The second-order valence-electron chi connectivity index (χ2n) is 4.21. The smallest absolute Gasteiger partial charge is 0.384 e. The number of nitrogens with one attached hydrogen (secondary N) is 1. The van der Waals surface area contributed by atoms with Crippen LogP contribution >= 0.6 is 23.2 Å². The molecule has 0 fully saturated rings. The van der Waals surface area contributed by atoms with Gasteiger partial charge in [0.15, 0.2) is 0 Å². The van der Waals surface area contributed by atoms with Gasteiger partial charge in [-0.2, -0.15) is 13.2 Å². The summed E-state index contributed by atoms with van der Waals surface area (Å²) < 4.78 is 37.9. The van der Waals surface area contributed by atoms with E-state index in [4.69, 9.17) is 28.9 Å². The van der Waals surface area contributed by atoms with Gasteiger partial charge in [0.1, 0.15) is 11.6 Å². The van der Waals surface area contributed by atoms with Crippen LogP contribution in [0.4, 0.5) is 30.5 Å². The third kappa shape index (κ3) is 3.68. The lowest BCUT2D eigenvalue weighted by Crippen LogP contribution is -2.13. The maximum Gasteiger partial charge on any atom is 0.451 e. The molecule has 0 saturated heterocycles. The van der Waals surface area contributed by atoms with Crippen LogP contribution < -0.4 is 11.1 Å². The van der Waals surface area contributed by atoms with Gasteiger partial charge < -0.3 is 11.1 Å². The predicted molar refractivity (Wildman–Crippen MR) is 75.9 cm³/mol. The second-order valence-corrected chi connectivity index (χ2v) is 5.02. The molecule has 0 saturated carbocycles. The zero-order chi connectivity index (χ0) is 15.8. The van der Waals surface area contributed by atoms with E-state index < -0.39 is 12.0 Å². The number of anilines is 3. The highest BCUT2D eigenvalue weighted by atomic mass is 35.5. The fraction of sp³-hybridized carbons (Fsp3) is 0.167. The Balaban J connectivity index is 2.40. The van der Waals surface area contributed by atoms with E-state index in [9.17, 15) is 13.2 Å². The summed E-state index contributed by atoms with van der Waals surface area (Å²) in [6.45, 7) is 1.75. The zero-order valence-corrected chi connectivity index (χ0v) is 12.1. The van der Waals surface area contributed by atoms with Gasteiger partial charge >= 0.3 is 6.18 Å². The molecule has 112 valence electrons. The molecule has 0 unspecified atom stereocenters. The van der Waals surface area contributed by atoms with E-state index in [1.165, 1.54) is 12.1 Å². The molecular weight excluding hydrogens is 328 g/mol. The number of nitrogens with two attached hydrogens (primary N) is 1. The van der Waals surface area contributed by atoms with Gasteiger partial charge in [-0.15, -0.1) is 0 Å². The fourth-order valence-corrected chi connectivity index (χ4v) is 1.97. The number of hydrogen-bond acceptors (Lipinski definition) is 4. The van der Waals surface area contributed by atoms with Crippen LogP contribution in [-0.4, -0.2) is 9.97 Å². The van der Waals surface area contributed by atoms with Crippen LogP contribution in [0, 0.1) is 6.92 Å². The first-order valence-corrected chi connectivity index (χ1v) is 6.37. The van der Waals surface area contributed by atoms with Crippen molar-refractivity contribution >= 4 is 40.5 Å². The lowest BCUT2D eigenvalue weighted by molar-refractivity contribution is -0.144. The lowest BCUT2D eigenvalue weighted by Gasteiger charge is -2.12. The van der Waals surface area contributed by atoms with E-state index in [-0.39, 0.29) is 11.6 Å². The number of alkyl halides is 3. The maximum absolute atomic E-state index is 12.6. The molecule has 2 aromatic rings. The number of rotatable bonds is 2. The molecule has 0 radical (unpaired) electrons. The molecule has 0 aliphatic rings. The maximum atomic E-state index is 12.6. The molecule has 1 aromatic carbocycles. The van der Waals surface area contributed by atoms with Crippen LogP contribution in [0.3, 0.4) is 0 Å². The Kier molecular flexibility index (Phi) is 4.15. The Hall–Kier alpha value is -1.73. The Bertz CT molecular complexity index is 689. The first-order valence-electron chi connectivity index (χ1n) is 5.61. The Morgan fingerprint density at radius 1 is 1.10 bits per heavy atom. The third-order valence-corrected chi connectivity index (χ3v) is 3.23. The monoisotopic (exact) mass is 336 g/mol. The number of nitrogens with zero attached hydrogens (tertiary/aromatic N) is 2. The van der Waals surface area contributed by atoms with Gasteiger partial charge in [-0.25, -0.2) is 9.97 Å². The van der Waals surface area contributed by atoms with E-state index in [0.29, 0.717) is 15.7 Å². The van der Waals surface area contributed by atoms with Crippen molar-refractivity contribution in [3.8, 4) is 0 Å². The van der Waals surface area contributed by atoms with Gasteiger partial charge in [0, 0.05) is 11.1 Å². The number of benzene rings is 1. The number of halogens is 5. The Morgan fingerprint density at radius 3 is 2.38 bits per heavy atom. The van der Waals surface area contributed by atoms with Crippen molar-refractivity contribution in [2.45, 2.75) is 13.1 Å². The third-order valence-electron chi connectivity index (χ3n) is 2.51. The fourth-order valence-electron chi connectivity index (χ4n) is 1.54. The van der Waals surface area contributed by atoms with Crippen LogP contribution in [0.2, 0.25) is 10.0 Å². The van der Waals surface area contributed by atoms with Crippen LogP contribution in [0.25, 0.3) is 0 Å². The highest BCUT2D eigenvalue weighted by molar-refractivity contribution is 6.35. The van der Waals surface area contributed by atoms with Gasteiger partial charge in [0.2, 0.25) is 5.82 Å². The first kappa shape index (κ1) is 15.7. The van der Waals surface area contributed by atoms with Gasteiger partial charge in [-0.05, 0) is 24.6 Å². The molecule has 0 bridgehead atoms. The second kappa shape index (κ2) is 5.57. The molecule has 9 heteroatoms. The highest BCUT2D eigenvalue weighted by Gasteiger charge is 2.35. The van der Waals surface area contributed by atoms with Crippen LogP contribution in [0.5, 0.6) is 0 Å². The van der Waals surface area contributed by atoms with Crippen LogP contribution in [0.1, 0.15) is 11.4 Å². The Labute approximate surface area is 128 Å². The van der Waals surface area contributed by atoms with E-state index in [1.54, 1.807) is 13.0 Å². The normalized spacial score (nSPS) is 11.5. The molecule has 0 amide bonds. The number of nitrogen functional groups attached to an aromatic ring is 1. The van der Waals surface area contributed by atoms with E-state index in [0.717, 1.165) is 5.56 Å². The molecule has 0 spiro atoms. The van der Waals surface area contributed by atoms with Crippen molar-refractivity contribution in [2.24, 2.45) is 0 Å². The van der Waals surface area contributed by atoms with Gasteiger partial charge in [0.05, 0.1) is 10.7 Å². The number of hydrogen-bond donors (Lipinski definition) is 2. The SMILES string of the molecule is Cc1cc(Cl)c(Nc2cc(N)nc(C(F)(F)F)n2)cc1Cl. The number of aryl methyl sites for hydroxylation is 1. The van der Waals surface area contributed by atoms with Crippen molar-refractivity contribution in [1.82, 2.24) is 9.97 Å². The molecular formula is C12H9Cl2F3N4. The summed E-state index contributed by atoms with van der Waals surface area (Å²) in [5.74, 6) is -1.77. The highest BCUT2D eigenvalue weighted by Crippen LogP contribution is 2.32. The summed E-state index contributed by atoms with van der Waals surface area (Å²) in [6, 6.07) is 4.24. The minimum Gasteiger partial charge on any atom is -0.384 e. The average molecular weight is 337 g/mol. The molecule has 3 N–H and O–H groups in total. The predicted octanol–water partition coefficient (Wildman–Crippen LogP) is 4.44. The number of aromatic nitrogens is 2. The molecule has 21 heavy (non-hydrogen) atoms. The van der Waals surface area contributed by atoms with Crippen molar-refractivity contribution < 1.29 is 13.2 Å². The average Bonchev–Trinajstić information content (AvgIpc) is 2.34. The van der Waals surface area contributed by atoms with Gasteiger partial charge in [0.25, 0.3) is 0 Å². The summed E-state index contributed by atoms with van der Waals surface area (Å²) in [6.07, 6.45) is -4.69. The molecule has 2 rings (SSSR count). The van der Waals surface area contributed by atoms with Crippen molar-refractivity contribution in [3.63, 3.8) is 0 Å². The van der Waals surface area contributed by atoms with Crippen LogP contribution in [0.15, 0.2) is 18.2 Å². The summed E-state index contributed by atoms with van der Waals surface area (Å²) >= 11 is 12.0. The van der Waals surface area contributed by atoms with Crippen molar-refractivity contribution in [3.05, 3.63) is 39.6 Å². The molecule has 0 atom stereocenters. The van der Waals surface area contributed by atoms with E-state index in [1.807, 2.05) is 0 Å². The van der Waals surface area contributed by atoms with Gasteiger partial charge in [-0.1, -0.05) is 23.2 Å². The minimum atomic E-state index is -4.69. The minimum absolute atomic E-state index is 0.128. The lowest BCUT2D eigenvalue weighted by atomic mass is 10.2. The molecule has 1 aromatic heterocycles.